The number of sulfonamides is 1. The second-order valence-electron chi connectivity index (χ2n) is 3.54. The molecule has 0 bridgehead atoms. The molecule has 0 aliphatic rings. The van der Waals surface area contributed by atoms with Crippen molar-refractivity contribution in [1.82, 2.24) is 0 Å². The molecule has 1 aromatic carbocycles. The van der Waals surface area contributed by atoms with Crippen LogP contribution in [0.2, 0.25) is 0 Å². The summed E-state index contributed by atoms with van der Waals surface area (Å²) >= 11 is 0. The number of benzene rings is 1. The van der Waals surface area contributed by atoms with Crippen LogP contribution < -0.4 is 10.0 Å². The quantitative estimate of drug-likeness (QED) is 0.813. The number of anilines is 1. The normalized spacial score (nSPS) is 11.1. The highest BCUT2D eigenvalue weighted by Crippen LogP contribution is 2.16. The highest BCUT2D eigenvalue weighted by atomic mass is 32.2. The Labute approximate surface area is 94.9 Å². The number of nitrogens with two attached hydrogens (primary N) is 1. The summed E-state index contributed by atoms with van der Waals surface area (Å²) in [5.41, 5.74) is 6.36. The smallest absolute Gasteiger partial charge is 0.231 e. The molecule has 0 radical (unpaired) electrons. The van der Waals surface area contributed by atoms with Crippen molar-refractivity contribution in [2.45, 2.75) is 6.42 Å². The van der Waals surface area contributed by atoms with E-state index in [0.717, 1.165) is 11.8 Å². The highest BCUT2D eigenvalue weighted by Gasteiger charge is 2.11. The van der Waals surface area contributed by atoms with Gasteiger partial charge in [0.1, 0.15) is 0 Å². The summed E-state index contributed by atoms with van der Waals surface area (Å²) in [5, 5.41) is 0. The summed E-state index contributed by atoms with van der Waals surface area (Å²) < 4.78 is 23.7. The SMILES string of the molecule is CN(c1ccc(CC(N)=O)cc1)S(C)(=O)=O. The molecular formula is C10H14N2O3S. The van der Waals surface area contributed by atoms with Gasteiger partial charge in [0, 0.05) is 7.05 Å². The molecule has 0 spiro atoms. The molecule has 1 rings (SSSR count). The van der Waals surface area contributed by atoms with Crippen molar-refractivity contribution in [3.8, 4) is 0 Å². The zero-order valence-corrected chi connectivity index (χ0v) is 9.99. The van der Waals surface area contributed by atoms with Gasteiger partial charge in [0.25, 0.3) is 0 Å². The van der Waals surface area contributed by atoms with Crippen molar-refractivity contribution in [1.29, 1.82) is 0 Å². The Morgan fingerprint density at radius 1 is 1.31 bits per heavy atom. The monoisotopic (exact) mass is 242 g/mol. The van der Waals surface area contributed by atoms with Gasteiger partial charge in [-0.05, 0) is 17.7 Å². The second kappa shape index (κ2) is 4.52. The van der Waals surface area contributed by atoms with Gasteiger partial charge in [-0.25, -0.2) is 8.42 Å². The van der Waals surface area contributed by atoms with Gasteiger partial charge >= 0.3 is 0 Å². The van der Waals surface area contributed by atoms with E-state index in [1.165, 1.54) is 11.4 Å². The average Bonchev–Trinajstić information content (AvgIpc) is 2.15. The Morgan fingerprint density at radius 2 is 1.81 bits per heavy atom. The topological polar surface area (TPSA) is 80.5 Å². The number of rotatable bonds is 4. The van der Waals surface area contributed by atoms with Crippen molar-refractivity contribution < 1.29 is 13.2 Å². The Bertz CT molecular complexity index is 479. The largest absolute Gasteiger partial charge is 0.369 e. The van der Waals surface area contributed by atoms with Crippen LogP contribution in [-0.2, 0) is 21.2 Å². The summed E-state index contributed by atoms with van der Waals surface area (Å²) in [6.07, 6.45) is 1.28. The van der Waals surface area contributed by atoms with Crippen LogP contribution in [0.5, 0.6) is 0 Å². The van der Waals surface area contributed by atoms with Crippen molar-refractivity contribution in [3.05, 3.63) is 29.8 Å². The van der Waals surface area contributed by atoms with E-state index in [1.807, 2.05) is 0 Å². The van der Waals surface area contributed by atoms with E-state index in [1.54, 1.807) is 24.3 Å². The number of primary amides is 1. The van der Waals surface area contributed by atoms with Gasteiger partial charge in [-0.1, -0.05) is 12.1 Å². The molecule has 0 saturated carbocycles. The Hall–Kier alpha value is -1.56. The minimum Gasteiger partial charge on any atom is -0.369 e. The molecule has 0 aliphatic heterocycles. The minimum absolute atomic E-state index is 0.156. The summed E-state index contributed by atoms with van der Waals surface area (Å²) in [6, 6.07) is 6.64. The molecular weight excluding hydrogens is 228 g/mol. The van der Waals surface area contributed by atoms with Crippen LogP contribution in [0.25, 0.3) is 0 Å². The van der Waals surface area contributed by atoms with Gasteiger partial charge in [0.05, 0.1) is 18.4 Å². The maximum Gasteiger partial charge on any atom is 0.231 e. The first-order valence-corrected chi connectivity index (χ1v) is 6.46. The van der Waals surface area contributed by atoms with Crippen LogP contribution >= 0.6 is 0 Å². The third kappa shape index (κ3) is 3.23. The maximum atomic E-state index is 11.2. The van der Waals surface area contributed by atoms with E-state index in [0.29, 0.717) is 5.69 Å². The van der Waals surface area contributed by atoms with Crippen LogP contribution in [0.1, 0.15) is 5.56 Å². The van der Waals surface area contributed by atoms with E-state index < -0.39 is 15.9 Å². The lowest BCUT2D eigenvalue weighted by Crippen LogP contribution is -2.24. The molecule has 0 saturated heterocycles. The molecule has 6 heteroatoms. The number of nitrogens with zero attached hydrogens (tertiary/aromatic N) is 1. The van der Waals surface area contributed by atoms with Crippen LogP contribution in [0.3, 0.4) is 0 Å². The lowest BCUT2D eigenvalue weighted by Gasteiger charge is -2.16. The van der Waals surface area contributed by atoms with Crippen LogP contribution in [0.4, 0.5) is 5.69 Å². The summed E-state index contributed by atoms with van der Waals surface area (Å²) in [6.45, 7) is 0. The third-order valence-corrected chi connectivity index (χ3v) is 3.38. The van der Waals surface area contributed by atoms with Gasteiger partial charge < -0.3 is 5.73 Å². The van der Waals surface area contributed by atoms with E-state index in [2.05, 4.69) is 0 Å². The minimum atomic E-state index is -3.25. The number of carbonyl (C=O) groups is 1. The third-order valence-electron chi connectivity index (χ3n) is 2.18. The predicted octanol–water partition coefficient (Wildman–Crippen LogP) is 0.110. The van der Waals surface area contributed by atoms with Gasteiger partial charge in [0.15, 0.2) is 0 Å². The standard InChI is InChI=1S/C10H14N2O3S/c1-12(16(2,14)15)9-5-3-8(4-6-9)7-10(11)13/h3-6H,7H2,1-2H3,(H2,11,13). The number of hydrogen-bond donors (Lipinski definition) is 1. The first-order chi connectivity index (χ1) is 7.30. The summed E-state index contributed by atoms with van der Waals surface area (Å²) in [4.78, 5) is 10.7. The van der Waals surface area contributed by atoms with Gasteiger partial charge in [-0.3, -0.25) is 9.10 Å². The molecule has 5 nitrogen and oxygen atoms in total. The fourth-order valence-electron chi connectivity index (χ4n) is 1.22. The van der Waals surface area contributed by atoms with Crippen molar-refractivity contribution >= 4 is 21.6 Å². The van der Waals surface area contributed by atoms with E-state index in [-0.39, 0.29) is 6.42 Å². The number of carbonyl (C=O) groups excluding carboxylic acids is 1. The first-order valence-electron chi connectivity index (χ1n) is 4.62. The zero-order valence-electron chi connectivity index (χ0n) is 9.17. The van der Waals surface area contributed by atoms with Gasteiger partial charge in [-0.2, -0.15) is 0 Å². The van der Waals surface area contributed by atoms with Gasteiger partial charge in [0.2, 0.25) is 15.9 Å². The van der Waals surface area contributed by atoms with Crippen LogP contribution in [0.15, 0.2) is 24.3 Å². The molecule has 16 heavy (non-hydrogen) atoms. The lowest BCUT2D eigenvalue weighted by molar-refractivity contribution is -0.117. The molecule has 1 amide bonds. The lowest BCUT2D eigenvalue weighted by atomic mass is 10.1. The van der Waals surface area contributed by atoms with E-state index >= 15 is 0 Å². The van der Waals surface area contributed by atoms with Gasteiger partial charge in [-0.15, -0.1) is 0 Å². The Kier molecular flexibility index (Phi) is 3.54. The van der Waals surface area contributed by atoms with Crippen molar-refractivity contribution in [3.63, 3.8) is 0 Å². The fraction of sp³-hybridized carbons (Fsp3) is 0.300. The van der Waals surface area contributed by atoms with Crippen LogP contribution in [-0.4, -0.2) is 27.6 Å². The second-order valence-corrected chi connectivity index (χ2v) is 5.55. The summed E-state index contributed by atoms with van der Waals surface area (Å²) in [5.74, 6) is -0.413. The Balaban J connectivity index is 2.91. The molecule has 0 aromatic heterocycles. The molecule has 0 aliphatic carbocycles. The molecule has 0 unspecified atom stereocenters. The average molecular weight is 242 g/mol. The number of amides is 1. The molecule has 0 atom stereocenters. The van der Waals surface area contributed by atoms with E-state index in [9.17, 15) is 13.2 Å². The highest BCUT2D eigenvalue weighted by molar-refractivity contribution is 7.92. The molecule has 1 aromatic rings. The number of hydrogen-bond acceptors (Lipinski definition) is 3. The maximum absolute atomic E-state index is 11.2. The Morgan fingerprint density at radius 3 is 2.19 bits per heavy atom. The van der Waals surface area contributed by atoms with Crippen molar-refractivity contribution in [2.24, 2.45) is 5.73 Å². The van der Waals surface area contributed by atoms with E-state index in [4.69, 9.17) is 5.73 Å². The van der Waals surface area contributed by atoms with Crippen molar-refractivity contribution in [2.75, 3.05) is 17.6 Å². The summed E-state index contributed by atoms with van der Waals surface area (Å²) in [7, 11) is -1.78. The molecule has 0 fully saturated rings. The molecule has 88 valence electrons. The predicted molar refractivity (Wildman–Crippen MR) is 62.6 cm³/mol. The first kappa shape index (κ1) is 12.5. The fourth-order valence-corrected chi connectivity index (χ4v) is 1.72. The molecule has 0 heterocycles. The van der Waals surface area contributed by atoms with Crippen LogP contribution in [0, 0.1) is 0 Å². The zero-order chi connectivity index (χ0) is 12.3. The molecule has 2 N–H and O–H groups in total.